The van der Waals surface area contributed by atoms with Crippen LogP contribution in [0.4, 0.5) is 0 Å². The molecule has 4 aromatic rings. The van der Waals surface area contributed by atoms with Crippen molar-refractivity contribution in [2.45, 2.75) is 38.5 Å². The Morgan fingerprint density at radius 3 is 0.838 bits per heavy atom. The Morgan fingerprint density at radius 1 is 0.459 bits per heavy atom. The SMILES string of the molecule is CC(C)(CO)c1ccccc1.CC(C)(CO)c1ccccc1.[CH2-]c1ccccc1.[CH2-]c1ccccc1.[Hf]. The number of hydrogen-bond acceptors (Lipinski definition) is 2. The van der Waals surface area contributed by atoms with Gasteiger partial charge in [0.25, 0.3) is 0 Å². The minimum absolute atomic E-state index is 0. The minimum Gasteiger partial charge on any atom is -0.395 e. The fourth-order valence-corrected chi connectivity index (χ4v) is 2.92. The van der Waals surface area contributed by atoms with Crippen LogP contribution in [0, 0.1) is 13.8 Å². The van der Waals surface area contributed by atoms with E-state index in [1.807, 2.05) is 149 Å². The van der Waals surface area contributed by atoms with Gasteiger partial charge in [0.05, 0.1) is 13.2 Å². The van der Waals surface area contributed by atoms with Crippen molar-refractivity contribution in [2.24, 2.45) is 0 Å². The van der Waals surface area contributed by atoms with Crippen LogP contribution >= 0.6 is 0 Å². The summed E-state index contributed by atoms with van der Waals surface area (Å²) in [5.74, 6) is 0. The van der Waals surface area contributed by atoms with Gasteiger partial charge in [-0.3, -0.25) is 0 Å². The molecule has 0 bridgehead atoms. The van der Waals surface area contributed by atoms with Crippen molar-refractivity contribution in [3.63, 3.8) is 0 Å². The van der Waals surface area contributed by atoms with Crippen LogP contribution in [0.1, 0.15) is 49.9 Å². The average Bonchev–Trinajstić information content (AvgIpc) is 2.92. The summed E-state index contributed by atoms with van der Waals surface area (Å²) in [5.41, 5.74) is 4.29. The van der Waals surface area contributed by atoms with Crippen LogP contribution in [-0.2, 0) is 36.7 Å². The van der Waals surface area contributed by atoms with E-state index in [9.17, 15) is 0 Å². The van der Waals surface area contributed by atoms with E-state index in [-0.39, 0.29) is 49.9 Å². The van der Waals surface area contributed by atoms with E-state index in [4.69, 9.17) is 10.2 Å². The van der Waals surface area contributed by atoms with Crippen molar-refractivity contribution in [3.8, 4) is 0 Å². The molecule has 4 aromatic carbocycles. The predicted octanol–water partition coefficient (Wildman–Crippen LogP) is 7.65. The zero-order valence-corrected chi connectivity index (χ0v) is 26.4. The molecule has 0 heterocycles. The van der Waals surface area contributed by atoms with Crippen LogP contribution < -0.4 is 0 Å². The molecule has 0 aromatic heterocycles. The van der Waals surface area contributed by atoms with Gasteiger partial charge in [-0.2, -0.15) is 49.2 Å². The van der Waals surface area contributed by atoms with E-state index >= 15 is 0 Å². The molecule has 0 radical (unpaired) electrons. The second-order valence-corrected chi connectivity index (χ2v) is 9.79. The average molecular weight is 661 g/mol. The molecular formula is C34H42HfO2-2. The van der Waals surface area contributed by atoms with E-state index in [0.717, 1.165) is 11.1 Å². The monoisotopic (exact) mass is 662 g/mol. The summed E-state index contributed by atoms with van der Waals surface area (Å²) < 4.78 is 0. The number of rotatable bonds is 4. The van der Waals surface area contributed by atoms with Crippen molar-refractivity contribution < 1.29 is 36.1 Å². The molecule has 0 spiro atoms. The van der Waals surface area contributed by atoms with E-state index in [2.05, 4.69) is 13.8 Å². The maximum atomic E-state index is 9.05. The third-order valence-electron chi connectivity index (χ3n) is 5.59. The summed E-state index contributed by atoms with van der Waals surface area (Å²) in [4.78, 5) is 0. The van der Waals surface area contributed by atoms with Crippen molar-refractivity contribution in [1.82, 2.24) is 0 Å². The maximum absolute atomic E-state index is 9.05. The second kappa shape index (κ2) is 18.6. The molecule has 196 valence electrons. The van der Waals surface area contributed by atoms with Crippen molar-refractivity contribution in [2.75, 3.05) is 13.2 Å². The van der Waals surface area contributed by atoms with Gasteiger partial charge < -0.3 is 10.2 Å². The quantitative estimate of drug-likeness (QED) is 0.174. The van der Waals surface area contributed by atoms with Gasteiger partial charge in [0, 0.05) is 36.7 Å². The first-order chi connectivity index (χ1) is 17.1. The summed E-state index contributed by atoms with van der Waals surface area (Å²) in [6.07, 6.45) is 0. The van der Waals surface area contributed by atoms with Gasteiger partial charge in [-0.05, 0) is 11.1 Å². The standard InChI is InChI=1S/2C10H14O.2C7H7.Hf/c2*1-10(2,8-11)9-6-4-3-5-7-9;2*1-7-5-3-2-4-6-7;/h2*3-7,11H,8H2,1-2H3;2*2-6H,1H2;/q;;2*-1;. The Morgan fingerprint density at radius 2 is 0.676 bits per heavy atom. The van der Waals surface area contributed by atoms with Gasteiger partial charge in [-0.25, -0.2) is 0 Å². The van der Waals surface area contributed by atoms with E-state index in [1.165, 1.54) is 11.1 Å². The van der Waals surface area contributed by atoms with E-state index in [0.29, 0.717) is 0 Å². The first kappa shape index (κ1) is 34.4. The van der Waals surface area contributed by atoms with E-state index < -0.39 is 0 Å². The molecule has 37 heavy (non-hydrogen) atoms. The largest absolute Gasteiger partial charge is 0.395 e. The predicted molar refractivity (Wildman–Crippen MR) is 155 cm³/mol. The zero-order valence-electron chi connectivity index (χ0n) is 22.8. The summed E-state index contributed by atoms with van der Waals surface area (Å²) in [6.45, 7) is 15.9. The minimum atomic E-state index is -0.110. The van der Waals surface area contributed by atoms with E-state index in [1.54, 1.807) is 0 Å². The summed E-state index contributed by atoms with van der Waals surface area (Å²) in [5, 5.41) is 18.1. The zero-order chi connectivity index (χ0) is 26.9. The number of benzene rings is 4. The summed E-state index contributed by atoms with van der Waals surface area (Å²) >= 11 is 0. The molecule has 4 rings (SSSR count). The normalized spacial score (nSPS) is 10.1. The fraction of sp³-hybridized carbons (Fsp3) is 0.235. The molecule has 0 saturated heterocycles. The van der Waals surface area contributed by atoms with Crippen LogP contribution in [0.3, 0.4) is 0 Å². The van der Waals surface area contributed by atoms with Gasteiger partial charge in [-0.15, -0.1) is 24.3 Å². The first-order valence-electron chi connectivity index (χ1n) is 12.2. The molecule has 2 nitrogen and oxygen atoms in total. The third kappa shape index (κ3) is 14.7. The topological polar surface area (TPSA) is 40.5 Å². The van der Waals surface area contributed by atoms with Crippen molar-refractivity contribution in [3.05, 3.63) is 157 Å². The molecule has 0 amide bonds. The molecule has 0 saturated carbocycles. The van der Waals surface area contributed by atoms with Gasteiger partial charge in [0.1, 0.15) is 0 Å². The number of aliphatic hydroxyl groups excluding tert-OH is 2. The molecule has 2 N–H and O–H groups in total. The fourth-order valence-electron chi connectivity index (χ4n) is 2.92. The van der Waals surface area contributed by atoms with Crippen molar-refractivity contribution in [1.29, 1.82) is 0 Å². The van der Waals surface area contributed by atoms with Crippen LogP contribution in [0.5, 0.6) is 0 Å². The Kier molecular flexibility index (Phi) is 17.3. The molecule has 0 fully saturated rings. The van der Waals surface area contributed by atoms with Gasteiger partial charge >= 0.3 is 0 Å². The Labute approximate surface area is 244 Å². The smallest absolute Gasteiger partial charge is 0.0522 e. The molecule has 0 aliphatic carbocycles. The maximum Gasteiger partial charge on any atom is 0.0522 e. The first-order valence-corrected chi connectivity index (χ1v) is 12.2. The third-order valence-corrected chi connectivity index (χ3v) is 5.59. The molecule has 0 aliphatic heterocycles. The Balaban J connectivity index is 0.000000473. The Hall–Kier alpha value is -2.59. The molecule has 0 unspecified atom stereocenters. The van der Waals surface area contributed by atoms with Gasteiger partial charge in [0.15, 0.2) is 0 Å². The summed E-state index contributed by atoms with van der Waals surface area (Å²) in [7, 11) is 0. The second-order valence-electron chi connectivity index (χ2n) is 9.79. The van der Waals surface area contributed by atoms with Crippen LogP contribution in [0.2, 0.25) is 0 Å². The molecule has 0 atom stereocenters. The van der Waals surface area contributed by atoms with Crippen molar-refractivity contribution >= 4 is 0 Å². The van der Waals surface area contributed by atoms with Crippen LogP contribution in [0.25, 0.3) is 0 Å². The Bertz CT molecular complexity index is 959. The van der Waals surface area contributed by atoms with Gasteiger partial charge in [-0.1, -0.05) is 100 Å². The van der Waals surface area contributed by atoms with Gasteiger partial charge in [0.2, 0.25) is 0 Å². The summed E-state index contributed by atoms with van der Waals surface area (Å²) in [6, 6.07) is 39.8. The number of hydrogen-bond donors (Lipinski definition) is 2. The molecular weight excluding hydrogens is 619 g/mol. The van der Waals surface area contributed by atoms with Crippen LogP contribution in [-0.4, -0.2) is 23.4 Å². The molecule has 0 aliphatic rings. The van der Waals surface area contributed by atoms with Crippen LogP contribution in [0.15, 0.2) is 121 Å². The number of aliphatic hydroxyl groups is 2. The molecule has 3 heteroatoms.